The minimum absolute atomic E-state index is 0.0160. The number of likely N-dealkylation sites (tertiary alicyclic amines) is 1. The number of pyridine rings is 1. The van der Waals surface area contributed by atoms with Gasteiger partial charge in [0.2, 0.25) is 5.60 Å². The lowest BCUT2D eigenvalue weighted by Crippen LogP contribution is -2.64. The molecule has 1 aromatic heterocycles. The molecule has 2 atom stereocenters. The Morgan fingerprint density at radius 1 is 0.824 bits per heavy atom. The number of nitrogens with zero attached hydrogens (tertiary/aromatic N) is 4. The molecule has 2 aliphatic heterocycles. The summed E-state index contributed by atoms with van der Waals surface area (Å²) in [6, 6.07) is 19.9. The summed E-state index contributed by atoms with van der Waals surface area (Å²) in [6.07, 6.45) is -7.59. The van der Waals surface area contributed by atoms with Crippen molar-refractivity contribution in [2.24, 2.45) is 0 Å². The van der Waals surface area contributed by atoms with Crippen molar-refractivity contribution in [1.82, 2.24) is 14.8 Å². The molecular weight excluding hydrogens is 678 g/mol. The molecule has 0 aliphatic carbocycles. The van der Waals surface area contributed by atoms with Gasteiger partial charge in [0, 0.05) is 45.0 Å². The smallest absolute Gasteiger partial charge is 0.417 e. The summed E-state index contributed by atoms with van der Waals surface area (Å²) in [5.41, 5.74) is -3.21. The van der Waals surface area contributed by atoms with Gasteiger partial charge in [0.25, 0.3) is 11.8 Å². The van der Waals surface area contributed by atoms with Crippen LogP contribution in [0.15, 0.2) is 97.3 Å². The van der Waals surface area contributed by atoms with E-state index in [1.54, 1.807) is 42.3 Å². The third kappa shape index (κ3) is 7.45. The van der Waals surface area contributed by atoms with Crippen molar-refractivity contribution in [2.75, 3.05) is 44.7 Å². The Labute approximate surface area is 290 Å². The van der Waals surface area contributed by atoms with Crippen molar-refractivity contribution in [3.63, 3.8) is 0 Å². The normalized spacial score (nSPS) is 19.8. The van der Waals surface area contributed by atoms with Gasteiger partial charge in [-0.2, -0.15) is 26.3 Å². The number of carbonyl (C=O) groups excluding carboxylic acids is 2. The average Bonchev–Trinajstić information content (AvgIpc) is 3.14. The number of hydrogen-bond donors (Lipinski definition) is 0. The van der Waals surface area contributed by atoms with E-state index in [0.717, 1.165) is 42.3 Å². The number of benzene rings is 3. The van der Waals surface area contributed by atoms with Crippen molar-refractivity contribution in [2.45, 2.75) is 36.8 Å². The molecule has 3 heterocycles. The first-order chi connectivity index (χ1) is 24.3. The topological polar surface area (TPSA) is 75.2 Å². The van der Waals surface area contributed by atoms with Crippen LogP contribution in [0.2, 0.25) is 0 Å². The number of piperazine rings is 1. The standard InChI is InChI=1S/C37H34F6N4O4/c1-50-32-10-6-5-9-31(32)45-19-21-46(22-20-45)34(49)35(51-27-13-11-26(12-14-27)36(38,39)40)17-15-30(25-7-3-2-4-8-25)47(24-35)33(48)28-23-44-18-16-29(28)37(41,42)43/h2-14,16,18,23,30H,15,17,19-22,24H2,1H3/t30-,35?/m1/s1. The zero-order valence-electron chi connectivity index (χ0n) is 27.5. The predicted octanol–water partition coefficient (Wildman–Crippen LogP) is 7.27. The maximum atomic E-state index is 14.7. The van der Waals surface area contributed by atoms with Gasteiger partial charge in [-0.15, -0.1) is 0 Å². The molecule has 6 rings (SSSR count). The Kier molecular flexibility index (Phi) is 9.87. The van der Waals surface area contributed by atoms with Crippen molar-refractivity contribution in [1.29, 1.82) is 0 Å². The fourth-order valence-corrected chi connectivity index (χ4v) is 6.76. The molecule has 14 heteroatoms. The minimum Gasteiger partial charge on any atom is -0.495 e. The van der Waals surface area contributed by atoms with Gasteiger partial charge in [-0.05, 0) is 54.4 Å². The SMILES string of the molecule is COc1ccccc1N1CCN(C(=O)C2(Oc3ccc(C(F)(F)F)cc3)CC[C@H](c3ccccc3)N(C(=O)c3cnccc3C(F)(F)F)C2)CC1. The lowest BCUT2D eigenvalue weighted by Gasteiger charge is -2.48. The van der Waals surface area contributed by atoms with Crippen molar-refractivity contribution >= 4 is 17.5 Å². The van der Waals surface area contributed by atoms with Crippen molar-refractivity contribution in [3.05, 3.63) is 120 Å². The van der Waals surface area contributed by atoms with Gasteiger partial charge in [0.05, 0.1) is 42.1 Å². The van der Waals surface area contributed by atoms with Gasteiger partial charge in [-0.25, -0.2) is 0 Å². The minimum atomic E-state index is -4.88. The van der Waals surface area contributed by atoms with Crippen LogP contribution >= 0.6 is 0 Å². The lowest BCUT2D eigenvalue weighted by atomic mass is 9.83. The second kappa shape index (κ2) is 14.2. The molecule has 268 valence electrons. The number of ether oxygens (including phenoxy) is 2. The van der Waals surface area contributed by atoms with Gasteiger partial charge in [0.15, 0.2) is 0 Å². The molecule has 2 aliphatic rings. The first kappa shape index (κ1) is 35.6. The number of carbonyl (C=O) groups is 2. The highest BCUT2D eigenvalue weighted by molar-refractivity contribution is 5.97. The highest BCUT2D eigenvalue weighted by atomic mass is 19.4. The molecule has 2 amide bonds. The molecule has 8 nitrogen and oxygen atoms in total. The van der Waals surface area contributed by atoms with Crippen LogP contribution in [-0.2, 0) is 17.1 Å². The summed E-state index contributed by atoms with van der Waals surface area (Å²) in [5.74, 6) is -0.958. The second-order valence-corrected chi connectivity index (χ2v) is 12.4. The average molecular weight is 713 g/mol. The summed E-state index contributed by atoms with van der Waals surface area (Å²) in [6.45, 7) is 0.784. The zero-order chi connectivity index (χ0) is 36.4. The number of methoxy groups -OCH3 is 1. The fraction of sp³-hybridized carbons (Fsp3) is 0.324. The number of alkyl halides is 6. The van der Waals surface area contributed by atoms with E-state index < -0.39 is 59.0 Å². The molecule has 51 heavy (non-hydrogen) atoms. The predicted molar refractivity (Wildman–Crippen MR) is 175 cm³/mol. The van der Waals surface area contributed by atoms with E-state index >= 15 is 0 Å². The third-order valence-electron chi connectivity index (χ3n) is 9.30. The lowest BCUT2D eigenvalue weighted by molar-refractivity contribution is -0.154. The van der Waals surface area contributed by atoms with Gasteiger partial charge < -0.3 is 24.2 Å². The van der Waals surface area contributed by atoms with Gasteiger partial charge in [-0.1, -0.05) is 42.5 Å². The van der Waals surface area contributed by atoms with Crippen LogP contribution in [-0.4, -0.2) is 72.0 Å². The monoisotopic (exact) mass is 712 g/mol. The molecule has 0 saturated carbocycles. The van der Waals surface area contributed by atoms with Crippen LogP contribution in [0, 0.1) is 0 Å². The Morgan fingerprint density at radius 2 is 1.49 bits per heavy atom. The maximum Gasteiger partial charge on any atom is 0.417 e. The number of piperidine rings is 1. The first-order valence-electron chi connectivity index (χ1n) is 16.2. The van der Waals surface area contributed by atoms with E-state index in [-0.39, 0.29) is 31.7 Å². The number of rotatable bonds is 7. The van der Waals surface area contributed by atoms with Crippen LogP contribution in [0.4, 0.5) is 32.0 Å². The van der Waals surface area contributed by atoms with Crippen molar-refractivity contribution in [3.8, 4) is 11.5 Å². The van der Waals surface area contributed by atoms with Gasteiger partial charge in [-0.3, -0.25) is 14.6 Å². The molecule has 0 N–H and O–H groups in total. The number of anilines is 1. The Balaban J connectivity index is 1.38. The molecule has 3 aromatic carbocycles. The van der Waals surface area contributed by atoms with Gasteiger partial charge >= 0.3 is 12.4 Å². The van der Waals surface area contributed by atoms with E-state index in [9.17, 15) is 35.9 Å². The molecular formula is C37H34F6N4O4. The summed E-state index contributed by atoms with van der Waals surface area (Å²) >= 11 is 0. The molecule has 0 radical (unpaired) electrons. The maximum absolute atomic E-state index is 14.7. The largest absolute Gasteiger partial charge is 0.495 e. The van der Waals surface area contributed by atoms with E-state index in [1.165, 1.54) is 4.90 Å². The number of halogens is 6. The number of para-hydroxylation sites is 2. The first-order valence-corrected chi connectivity index (χ1v) is 16.2. The van der Waals surface area contributed by atoms with Crippen LogP contribution in [0.5, 0.6) is 11.5 Å². The number of aromatic nitrogens is 1. The van der Waals surface area contributed by atoms with Crippen molar-refractivity contribution < 1.29 is 45.4 Å². The van der Waals surface area contributed by atoms with E-state index in [4.69, 9.17) is 9.47 Å². The number of amides is 2. The van der Waals surface area contributed by atoms with E-state index in [2.05, 4.69) is 9.88 Å². The van der Waals surface area contributed by atoms with Crippen LogP contribution in [0.1, 0.15) is 45.9 Å². The van der Waals surface area contributed by atoms with Crippen LogP contribution < -0.4 is 14.4 Å². The molecule has 4 aromatic rings. The quantitative estimate of drug-likeness (QED) is 0.188. The summed E-state index contributed by atoms with van der Waals surface area (Å²) < 4.78 is 94.5. The Hall–Kier alpha value is -5.27. The summed E-state index contributed by atoms with van der Waals surface area (Å²) in [7, 11) is 1.56. The highest BCUT2D eigenvalue weighted by Gasteiger charge is 2.52. The molecule has 0 bridgehead atoms. The van der Waals surface area contributed by atoms with E-state index in [1.807, 2.05) is 24.3 Å². The van der Waals surface area contributed by atoms with E-state index in [0.29, 0.717) is 30.5 Å². The third-order valence-corrected chi connectivity index (χ3v) is 9.30. The molecule has 2 fully saturated rings. The van der Waals surface area contributed by atoms with Gasteiger partial charge in [0.1, 0.15) is 11.5 Å². The summed E-state index contributed by atoms with van der Waals surface area (Å²) in [4.78, 5) is 37.6. The Morgan fingerprint density at radius 3 is 2.14 bits per heavy atom. The number of hydrogen-bond acceptors (Lipinski definition) is 6. The Bertz CT molecular complexity index is 1850. The molecule has 1 unspecified atom stereocenters. The molecule has 0 spiro atoms. The summed E-state index contributed by atoms with van der Waals surface area (Å²) in [5, 5.41) is 0. The molecule has 2 saturated heterocycles. The fourth-order valence-electron chi connectivity index (χ4n) is 6.76. The van der Waals surface area contributed by atoms with Crippen LogP contribution in [0.25, 0.3) is 0 Å². The van der Waals surface area contributed by atoms with Crippen LogP contribution in [0.3, 0.4) is 0 Å². The highest BCUT2D eigenvalue weighted by Crippen LogP contribution is 2.42. The second-order valence-electron chi connectivity index (χ2n) is 12.4. The zero-order valence-corrected chi connectivity index (χ0v) is 27.5.